The molecule has 10 heteroatoms. The number of benzene rings is 1. The number of nitrogens with zero attached hydrogens (tertiary/aromatic N) is 4. The van der Waals surface area contributed by atoms with Crippen molar-refractivity contribution in [3.05, 3.63) is 46.4 Å². The largest absolute Gasteiger partial charge is 0.491 e. The average molecular weight is 503 g/mol. The lowest BCUT2D eigenvalue weighted by atomic mass is 10.1. The summed E-state index contributed by atoms with van der Waals surface area (Å²) in [4.78, 5) is 22.6. The van der Waals surface area contributed by atoms with Gasteiger partial charge in [0.25, 0.3) is 0 Å². The first-order valence-electron chi connectivity index (χ1n) is 11.2. The molecule has 1 amide bonds. The average Bonchev–Trinajstić information content (AvgIpc) is 3.11. The van der Waals surface area contributed by atoms with Crippen LogP contribution in [-0.2, 0) is 4.74 Å². The van der Waals surface area contributed by atoms with E-state index in [0.717, 1.165) is 11.1 Å². The molecule has 0 saturated carbocycles. The van der Waals surface area contributed by atoms with E-state index in [1.54, 1.807) is 46.0 Å². The monoisotopic (exact) mass is 502 g/mol. The number of ether oxygens (including phenoxy) is 2. The van der Waals surface area contributed by atoms with Crippen LogP contribution in [-0.4, -0.2) is 63.1 Å². The van der Waals surface area contributed by atoms with E-state index in [1.807, 2.05) is 26.8 Å². The van der Waals surface area contributed by atoms with Gasteiger partial charge >= 0.3 is 6.09 Å². The third-order valence-electron chi connectivity index (χ3n) is 5.08. The number of aryl methyl sites for hydroxylation is 2. The second-order valence-electron chi connectivity index (χ2n) is 9.36. The number of rotatable bonds is 7. The molecule has 35 heavy (non-hydrogen) atoms. The van der Waals surface area contributed by atoms with Crippen molar-refractivity contribution in [3.63, 3.8) is 0 Å². The molecule has 2 aromatic heterocycles. The van der Waals surface area contributed by atoms with Gasteiger partial charge in [0.15, 0.2) is 5.82 Å². The van der Waals surface area contributed by atoms with E-state index in [2.05, 4.69) is 10.1 Å². The summed E-state index contributed by atoms with van der Waals surface area (Å²) in [6.07, 6.45) is -1.42. The summed E-state index contributed by atoms with van der Waals surface area (Å²) in [5.41, 5.74) is 2.97. The lowest BCUT2D eigenvalue weighted by Crippen LogP contribution is -2.40. The predicted molar refractivity (Wildman–Crippen MR) is 133 cm³/mol. The smallest absolute Gasteiger partial charge is 0.410 e. The summed E-state index contributed by atoms with van der Waals surface area (Å²) in [5.74, 6) is 1.58. The van der Waals surface area contributed by atoms with Gasteiger partial charge in [0.1, 0.15) is 35.0 Å². The van der Waals surface area contributed by atoms with Crippen molar-refractivity contribution < 1.29 is 23.9 Å². The molecule has 0 radical (unpaired) electrons. The SMILES string of the molecule is Cc1noc(C)c1-c1nc(-c2cccc(OC[C@@H](O)CN(C)C(=O)OC(C)(C)C)c2)nc(Cl)c1C. The predicted octanol–water partition coefficient (Wildman–Crippen LogP) is 4.98. The zero-order valence-electron chi connectivity index (χ0n) is 21.0. The molecule has 0 fully saturated rings. The molecular weight excluding hydrogens is 472 g/mol. The highest BCUT2D eigenvalue weighted by Crippen LogP contribution is 2.33. The van der Waals surface area contributed by atoms with Gasteiger partial charge in [-0.25, -0.2) is 14.8 Å². The normalized spacial score (nSPS) is 12.4. The third kappa shape index (κ3) is 6.70. The molecule has 3 rings (SSSR count). The Morgan fingerprint density at radius 1 is 1.23 bits per heavy atom. The Balaban J connectivity index is 1.74. The van der Waals surface area contributed by atoms with E-state index < -0.39 is 17.8 Å². The number of carbonyl (C=O) groups is 1. The fourth-order valence-electron chi connectivity index (χ4n) is 3.38. The highest BCUT2D eigenvalue weighted by molar-refractivity contribution is 6.30. The van der Waals surface area contributed by atoms with Crippen molar-refractivity contribution in [2.24, 2.45) is 0 Å². The maximum absolute atomic E-state index is 12.1. The van der Waals surface area contributed by atoms with Gasteiger partial charge in [-0.2, -0.15) is 0 Å². The lowest BCUT2D eigenvalue weighted by Gasteiger charge is -2.26. The Morgan fingerprint density at radius 2 is 1.94 bits per heavy atom. The summed E-state index contributed by atoms with van der Waals surface area (Å²) in [5, 5.41) is 14.7. The fourth-order valence-corrected chi connectivity index (χ4v) is 3.55. The van der Waals surface area contributed by atoms with Crippen molar-refractivity contribution in [1.82, 2.24) is 20.0 Å². The Labute approximate surface area is 210 Å². The molecular formula is C25H31ClN4O5. The molecule has 1 aromatic carbocycles. The summed E-state index contributed by atoms with van der Waals surface area (Å²) >= 11 is 6.44. The number of hydrogen-bond donors (Lipinski definition) is 1. The number of aliphatic hydroxyl groups excluding tert-OH is 1. The summed E-state index contributed by atoms with van der Waals surface area (Å²) in [7, 11) is 1.56. The van der Waals surface area contributed by atoms with E-state index >= 15 is 0 Å². The number of halogens is 1. The molecule has 9 nitrogen and oxygen atoms in total. The first-order valence-corrected chi connectivity index (χ1v) is 11.6. The van der Waals surface area contributed by atoms with Crippen LogP contribution in [0.2, 0.25) is 5.15 Å². The van der Waals surface area contributed by atoms with E-state index in [4.69, 9.17) is 30.6 Å². The van der Waals surface area contributed by atoms with Gasteiger partial charge in [-0.3, -0.25) is 0 Å². The zero-order valence-corrected chi connectivity index (χ0v) is 21.8. The molecule has 0 bridgehead atoms. The second-order valence-corrected chi connectivity index (χ2v) is 9.72. The van der Waals surface area contributed by atoms with Crippen LogP contribution in [0.5, 0.6) is 5.75 Å². The topological polar surface area (TPSA) is 111 Å². The highest BCUT2D eigenvalue weighted by Gasteiger charge is 2.22. The first kappa shape index (κ1) is 26.4. The van der Waals surface area contributed by atoms with Gasteiger partial charge in [0.2, 0.25) is 0 Å². The molecule has 0 aliphatic rings. The number of aromatic nitrogens is 3. The van der Waals surface area contributed by atoms with Gasteiger partial charge in [-0.05, 0) is 53.7 Å². The van der Waals surface area contributed by atoms with Crippen LogP contribution in [0.15, 0.2) is 28.8 Å². The minimum atomic E-state index is -0.910. The van der Waals surface area contributed by atoms with Crippen LogP contribution in [0.1, 0.15) is 37.8 Å². The van der Waals surface area contributed by atoms with Crippen LogP contribution in [0.3, 0.4) is 0 Å². The molecule has 2 heterocycles. The summed E-state index contributed by atoms with van der Waals surface area (Å²) in [6, 6.07) is 7.18. The second kappa shape index (κ2) is 10.6. The molecule has 0 aliphatic carbocycles. The Morgan fingerprint density at radius 3 is 2.57 bits per heavy atom. The molecule has 0 saturated heterocycles. The third-order valence-corrected chi connectivity index (χ3v) is 5.45. The first-order chi connectivity index (χ1) is 16.4. The standard InChI is InChI=1S/C25H31ClN4O5/c1-14-21(20-15(2)29-35-16(20)3)27-23(28-22(14)26)17-9-8-10-19(11-17)33-13-18(31)12-30(7)24(32)34-25(4,5)6/h8-11,18,31H,12-13H2,1-7H3/t18-/m0/s1. The van der Waals surface area contributed by atoms with E-state index in [-0.39, 0.29) is 13.2 Å². The molecule has 1 N–H and O–H groups in total. The van der Waals surface area contributed by atoms with Gasteiger partial charge in [0, 0.05) is 18.2 Å². The van der Waals surface area contributed by atoms with Crippen molar-refractivity contribution >= 4 is 17.7 Å². The van der Waals surface area contributed by atoms with Crippen LogP contribution in [0.4, 0.5) is 4.79 Å². The minimum absolute atomic E-state index is 0.0174. The van der Waals surface area contributed by atoms with Gasteiger partial charge in [0.05, 0.1) is 23.5 Å². The maximum Gasteiger partial charge on any atom is 0.410 e. The van der Waals surface area contributed by atoms with Crippen molar-refractivity contribution in [2.45, 2.75) is 53.2 Å². The van der Waals surface area contributed by atoms with Crippen LogP contribution in [0, 0.1) is 20.8 Å². The molecule has 3 aromatic rings. The number of aliphatic hydroxyl groups is 1. The van der Waals surface area contributed by atoms with Gasteiger partial charge in [-0.1, -0.05) is 28.9 Å². The highest BCUT2D eigenvalue weighted by atomic mass is 35.5. The van der Waals surface area contributed by atoms with Gasteiger partial charge in [-0.15, -0.1) is 0 Å². The fraction of sp³-hybridized carbons (Fsp3) is 0.440. The Kier molecular flexibility index (Phi) is 8.02. The van der Waals surface area contributed by atoms with E-state index in [9.17, 15) is 9.90 Å². The van der Waals surface area contributed by atoms with E-state index in [0.29, 0.717) is 39.4 Å². The van der Waals surface area contributed by atoms with Crippen molar-refractivity contribution in [1.29, 1.82) is 0 Å². The quantitative estimate of drug-likeness (QED) is 0.450. The Bertz CT molecular complexity index is 1190. The molecule has 1 atom stereocenters. The van der Waals surface area contributed by atoms with Crippen molar-refractivity contribution in [3.8, 4) is 28.4 Å². The molecule has 0 spiro atoms. The van der Waals surface area contributed by atoms with Gasteiger partial charge < -0.3 is 24.0 Å². The zero-order chi connectivity index (χ0) is 25.9. The molecule has 0 aliphatic heterocycles. The summed E-state index contributed by atoms with van der Waals surface area (Å²) < 4.78 is 16.4. The maximum atomic E-state index is 12.1. The number of likely N-dealkylation sites (N-methyl/N-ethyl adjacent to an activating group) is 1. The Hall–Kier alpha value is -3.17. The lowest BCUT2D eigenvalue weighted by molar-refractivity contribution is 0.0154. The number of carbonyl (C=O) groups excluding carboxylic acids is 1. The molecule has 188 valence electrons. The van der Waals surface area contributed by atoms with E-state index in [1.165, 1.54) is 4.90 Å². The molecule has 0 unspecified atom stereocenters. The van der Waals surface area contributed by atoms with Crippen LogP contribution < -0.4 is 4.74 Å². The van der Waals surface area contributed by atoms with Crippen LogP contribution in [0.25, 0.3) is 22.6 Å². The van der Waals surface area contributed by atoms with Crippen LogP contribution >= 0.6 is 11.6 Å². The minimum Gasteiger partial charge on any atom is -0.491 e. The number of amides is 1. The number of hydrogen-bond acceptors (Lipinski definition) is 8. The summed E-state index contributed by atoms with van der Waals surface area (Å²) in [6.45, 7) is 10.9. The van der Waals surface area contributed by atoms with Crippen molar-refractivity contribution in [2.75, 3.05) is 20.2 Å².